The summed E-state index contributed by atoms with van der Waals surface area (Å²) in [6.07, 6.45) is 13.3. The molecule has 0 heterocycles. The van der Waals surface area contributed by atoms with Gasteiger partial charge in [0.15, 0.2) is 0 Å². The molecule has 0 saturated carbocycles. The number of hydrogen-bond donors (Lipinski definition) is 0. The van der Waals surface area contributed by atoms with Gasteiger partial charge in [-0.1, -0.05) is 125 Å². The summed E-state index contributed by atoms with van der Waals surface area (Å²) in [4.78, 5) is 15.0. The first kappa shape index (κ1) is 57.5. The largest absolute Gasteiger partial charge is 0.281 e. The Morgan fingerprint density at radius 3 is 0.386 bits per heavy atom. The Labute approximate surface area is 298 Å². The minimum absolute atomic E-state index is 0. The normalized spacial score (nSPS) is 11.2. The topological polar surface area (TPSA) is 34.1 Å². The Morgan fingerprint density at radius 1 is 0.273 bits per heavy atom. The van der Waals surface area contributed by atoms with E-state index in [0.717, 1.165) is 53.3 Å². The molecule has 0 aromatic carbocycles. The van der Waals surface area contributed by atoms with Gasteiger partial charge in [-0.2, -0.15) is 0 Å². The third-order valence-corrected chi connectivity index (χ3v) is 16.8. The fourth-order valence-corrected chi connectivity index (χ4v) is 16.0. The van der Waals surface area contributed by atoms with Crippen molar-refractivity contribution in [3.8, 4) is 0 Å². The van der Waals surface area contributed by atoms with E-state index in [0.29, 0.717) is 23.8 Å². The predicted molar refractivity (Wildman–Crippen MR) is 209 cm³/mol. The fraction of sp³-hybridized carbons (Fsp3) is 0.947. The molecule has 0 N–H and O–H groups in total. The van der Waals surface area contributed by atoms with Crippen LogP contribution in [0.1, 0.15) is 125 Å². The quantitative estimate of drug-likeness (QED) is 0.103. The molecule has 0 aliphatic heterocycles. The Bertz CT molecular complexity index is 394. The van der Waals surface area contributed by atoms with E-state index >= 15 is 0 Å². The van der Waals surface area contributed by atoms with Crippen molar-refractivity contribution in [2.45, 2.75) is 125 Å². The van der Waals surface area contributed by atoms with Gasteiger partial charge in [0.1, 0.15) is 0 Å². The van der Waals surface area contributed by atoms with Gasteiger partial charge >= 0.3 is 0 Å². The summed E-state index contributed by atoms with van der Waals surface area (Å²) in [7, 11) is 0.963. The van der Waals surface area contributed by atoms with Crippen LogP contribution in [-0.4, -0.2) is 69.0 Å². The molecule has 0 aromatic heterocycles. The summed E-state index contributed by atoms with van der Waals surface area (Å²) in [5.41, 5.74) is 0. The fourth-order valence-electron chi connectivity index (χ4n) is 5.32. The molecule has 0 saturated heterocycles. The maximum atomic E-state index is 7.50. The first-order valence-electron chi connectivity index (χ1n) is 17.3. The molecule has 0 atom stereocenters. The van der Waals surface area contributed by atoms with Crippen LogP contribution in [0.3, 0.4) is 0 Å². The van der Waals surface area contributed by atoms with Crippen LogP contribution >= 0.6 is 23.8 Å². The SMILES string of the molecule is CC(C)CP(CC(C)C)CC(C)C.CC(C)CP(CC(C)C)CC(C)C.CC(C)CP(CC(C)C)CC(C)C.[C]=O.[C]=O.[Ru]. The minimum atomic E-state index is 0. The van der Waals surface area contributed by atoms with E-state index in [1.165, 1.54) is 55.5 Å². The van der Waals surface area contributed by atoms with E-state index < -0.39 is 0 Å². The Morgan fingerprint density at radius 2 is 0.341 bits per heavy atom. The monoisotopic (exact) mass is 764 g/mol. The van der Waals surface area contributed by atoms with Crippen LogP contribution in [0, 0.1) is 53.3 Å². The molecule has 0 unspecified atom stereocenters. The van der Waals surface area contributed by atoms with Gasteiger partial charge in [-0.15, -0.1) is 23.8 Å². The molecule has 0 amide bonds. The molecular formula is C38H81O2P3Ru. The molecule has 0 fully saturated rings. The zero-order chi connectivity index (χ0) is 35.3. The summed E-state index contributed by atoms with van der Waals surface area (Å²) in [6, 6.07) is 0. The third-order valence-electron chi connectivity index (χ3n) is 5.61. The summed E-state index contributed by atoms with van der Waals surface area (Å²) >= 11 is 0. The van der Waals surface area contributed by atoms with E-state index in [1.807, 2.05) is 0 Å². The second-order valence-electron chi connectivity index (χ2n) is 16.2. The van der Waals surface area contributed by atoms with Gasteiger partial charge in [0, 0.05) is 19.5 Å². The van der Waals surface area contributed by atoms with Gasteiger partial charge in [-0.25, -0.2) is 0 Å². The molecule has 6 heteroatoms. The van der Waals surface area contributed by atoms with Gasteiger partial charge < -0.3 is 0 Å². The smallest absolute Gasteiger partial charge is 0.281 e. The van der Waals surface area contributed by atoms with Gasteiger partial charge in [0.25, 0.3) is 13.6 Å². The molecule has 268 valence electrons. The molecule has 2 nitrogen and oxygen atoms in total. The second-order valence-corrected chi connectivity index (χ2v) is 23.5. The molecule has 0 aliphatic rings. The van der Waals surface area contributed by atoms with Gasteiger partial charge in [-0.05, 0) is 109 Å². The molecule has 0 aliphatic carbocycles. The van der Waals surface area contributed by atoms with Crippen molar-refractivity contribution in [1.29, 1.82) is 0 Å². The van der Waals surface area contributed by atoms with E-state index in [2.05, 4.69) is 138 Å². The molecule has 0 rings (SSSR count). The first-order valence-corrected chi connectivity index (χ1v) is 23.0. The standard InChI is InChI=1S/3C12H27P.2CO.Ru/c3*1-10(2)7-13(8-11(3)4)9-12(5)6;2*1-2;/h3*10-12H,7-9H2,1-6H3;;;. The van der Waals surface area contributed by atoms with Crippen molar-refractivity contribution in [1.82, 2.24) is 0 Å². The summed E-state index contributed by atoms with van der Waals surface area (Å²) in [5, 5.41) is 0. The molecule has 44 heavy (non-hydrogen) atoms. The van der Waals surface area contributed by atoms with Crippen molar-refractivity contribution in [3.63, 3.8) is 0 Å². The van der Waals surface area contributed by atoms with E-state index in [1.54, 1.807) is 0 Å². The van der Waals surface area contributed by atoms with E-state index in [-0.39, 0.29) is 19.5 Å². The van der Waals surface area contributed by atoms with Crippen LogP contribution in [0.25, 0.3) is 0 Å². The number of hydrogen-bond acceptors (Lipinski definition) is 2. The zero-order valence-corrected chi connectivity index (χ0v) is 37.5. The van der Waals surface area contributed by atoms with Crippen LogP contribution in [-0.2, 0) is 29.1 Å². The van der Waals surface area contributed by atoms with Crippen molar-refractivity contribution >= 4 is 37.3 Å². The second kappa shape index (κ2) is 38.7. The molecule has 0 spiro atoms. The Balaban J connectivity index is -0.000000115. The Hall–Kier alpha value is 1.25. The van der Waals surface area contributed by atoms with Crippen molar-refractivity contribution in [2.24, 2.45) is 53.3 Å². The van der Waals surface area contributed by atoms with Crippen molar-refractivity contribution in [2.75, 3.05) is 55.5 Å². The summed E-state index contributed by atoms with van der Waals surface area (Å²) in [6.45, 7) is 51.4. The average Bonchev–Trinajstić information content (AvgIpc) is 2.78. The van der Waals surface area contributed by atoms with Gasteiger partial charge in [-0.3, -0.25) is 9.59 Å². The maximum absolute atomic E-state index is 7.50. The minimum Gasteiger partial charge on any atom is -0.281 e. The van der Waals surface area contributed by atoms with Crippen molar-refractivity contribution < 1.29 is 29.1 Å². The number of rotatable bonds is 18. The average molecular weight is 764 g/mol. The summed E-state index contributed by atoms with van der Waals surface area (Å²) < 4.78 is 0. The predicted octanol–water partition coefficient (Wildman–Crippen LogP) is 12.5. The Kier molecular flexibility index (Phi) is 50.6. The van der Waals surface area contributed by atoms with E-state index in [4.69, 9.17) is 9.59 Å². The van der Waals surface area contributed by atoms with Crippen LogP contribution in [0.4, 0.5) is 0 Å². The van der Waals surface area contributed by atoms with Gasteiger partial charge in [0.05, 0.1) is 0 Å². The van der Waals surface area contributed by atoms with Crippen LogP contribution in [0.15, 0.2) is 0 Å². The number of carbonyl (C=O) groups excluding carboxylic acids is 2. The van der Waals surface area contributed by atoms with Crippen LogP contribution in [0.5, 0.6) is 0 Å². The van der Waals surface area contributed by atoms with Crippen LogP contribution in [0.2, 0.25) is 0 Å². The molecule has 0 aromatic rings. The third kappa shape index (κ3) is 55.6. The summed E-state index contributed by atoms with van der Waals surface area (Å²) in [5.74, 6) is 8.03. The first-order chi connectivity index (χ1) is 19.7. The molecule has 4 radical (unpaired) electrons. The van der Waals surface area contributed by atoms with Gasteiger partial charge in [0.2, 0.25) is 0 Å². The maximum Gasteiger partial charge on any atom is 0.281 e. The van der Waals surface area contributed by atoms with Crippen molar-refractivity contribution in [3.05, 3.63) is 0 Å². The molecule has 0 bridgehead atoms. The molecular weight excluding hydrogens is 682 g/mol. The van der Waals surface area contributed by atoms with E-state index in [9.17, 15) is 0 Å². The zero-order valence-electron chi connectivity index (χ0n) is 33.1. The van der Waals surface area contributed by atoms with Crippen LogP contribution < -0.4 is 0 Å².